The van der Waals surface area contributed by atoms with Gasteiger partial charge < -0.3 is 9.84 Å². The summed E-state index contributed by atoms with van der Waals surface area (Å²) in [4.78, 5) is 9.69. The molecule has 1 atom stereocenters. The molecule has 0 amide bonds. The van der Waals surface area contributed by atoms with Crippen LogP contribution in [0.2, 0.25) is 0 Å². The summed E-state index contributed by atoms with van der Waals surface area (Å²) in [5.41, 5.74) is 0. The summed E-state index contributed by atoms with van der Waals surface area (Å²) in [7, 11) is 0. The van der Waals surface area contributed by atoms with Crippen LogP contribution in [0.25, 0.3) is 0 Å². The molecule has 6 nitrogen and oxygen atoms in total. The van der Waals surface area contributed by atoms with Gasteiger partial charge in [-0.1, -0.05) is 5.16 Å². The van der Waals surface area contributed by atoms with Crippen molar-refractivity contribution >= 4 is 0 Å². The third-order valence-corrected chi connectivity index (χ3v) is 4.98. The van der Waals surface area contributed by atoms with E-state index in [1.165, 1.54) is 25.9 Å². The molecule has 4 aliphatic heterocycles. The molecular weight excluding hydrogens is 254 g/mol. The minimum Gasteiger partial charge on any atom is -0.339 e. The second-order valence-corrected chi connectivity index (χ2v) is 6.30. The van der Waals surface area contributed by atoms with Gasteiger partial charge in [-0.25, -0.2) is 0 Å². The number of fused-ring (bicyclic) bond motifs is 3. The number of hydrogen-bond acceptors (Lipinski definition) is 6. The minimum atomic E-state index is 0.350. The molecule has 4 aliphatic rings. The first kappa shape index (κ1) is 12.7. The van der Waals surface area contributed by atoms with E-state index in [4.69, 9.17) is 4.52 Å². The first-order valence-electron chi connectivity index (χ1n) is 7.88. The fourth-order valence-corrected chi connectivity index (χ4v) is 3.68. The standard InChI is InChI=1S/C14H23N5O/c1-3-15-4-2-11(1)9-13-16-14(17-20-13)12-10-18-5-7-19(12)8-6-18/h11-12,15H,1-10H2. The van der Waals surface area contributed by atoms with Crippen molar-refractivity contribution in [1.82, 2.24) is 25.3 Å². The van der Waals surface area contributed by atoms with Crippen LogP contribution in [-0.4, -0.2) is 65.8 Å². The number of aromatic nitrogens is 2. The quantitative estimate of drug-likeness (QED) is 0.857. The highest BCUT2D eigenvalue weighted by Crippen LogP contribution is 2.27. The van der Waals surface area contributed by atoms with Crippen molar-refractivity contribution in [1.29, 1.82) is 0 Å². The highest BCUT2D eigenvalue weighted by Gasteiger charge is 2.35. The van der Waals surface area contributed by atoms with Crippen LogP contribution in [0, 0.1) is 5.92 Å². The van der Waals surface area contributed by atoms with E-state index in [0.29, 0.717) is 12.0 Å². The van der Waals surface area contributed by atoms with E-state index in [-0.39, 0.29) is 0 Å². The predicted octanol–water partition coefficient (Wildman–Crippen LogP) is 0.284. The Bertz CT molecular complexity index is 448. The van der Waals surface area contributed by atoms with Gasteiger partial charge in [0.15, 0.2) is 5.82 Å². The topological polar surface area (TPSA) is 57.4 Å². The SMILES string of the molecule is C1CC(Cc2nc(C3CN4CCN3CC4)no2)CCN1. The lowest BCUT2D eigenvalue weighted by atomic mass is 9.95. The maximum absolute atomic E-state index is 5.50. The molecule has 20 heavy (non-hydrogen) atoms. The van der Waals surface area contributed by atoms with Gasteiger partial charge in [-0.05, 0) is 31.8 Å². The van der Waals surface area contributed by atoms with Crippen molar-refractivity contribution in [2.75, 3.05) is 45.8 Å². The van der Waals surface area contributed by atoms with Gasteiger partial charge in [0.05, 0.1) is 6.04 Å². The molecule has 0 spiro atoms. The highest BCUT2D eigenvalue weighted by molar-refractivity contribution is 5.01. The predicted molar refractivity (Wildman–Crippen MR) is 74.3 cm³/mol. The van der Waals surface area contributed by atoms with Crippen molar-refractivity contribution in [3.8, 4) is 0 Å². The molecule has 4 fully saturated rings. The van der Waals surface area contributed by atoms with Gasteiger partial charge in [0.25, 0.3) is 0 Å². The van der Waals surface area contributed by atoms with Crippen LogP contribution in [0.15, 0.2) is 4.52 Å². The van der Waals surface area contributed by atoms with Crippen LogP contribution in [0.1, 0.15) is 30.6 Å². The Labute approximate surface area is 119 Å². The highest BCUT2D eigenvalue weighted by atomic mass is 16.5. The first-order chi connectivity index (χ1) is 9.88. The molecule has 1 aromatic heterocycles. The minimum absolute atomic E-state index is 0.350. The van der Waals surface area contributed by atoms with E-state index >= 15 is 0 Å². The molecule has 5 rings (SSSR count). The average molecular weight is 277 g/mol. The Morgan fingerprint density at radius 1 is 1.15 bits per heavy atom. The van der Waals surface area contributed by atoms with Crippen molar-refractivity contribution in [2.24, 2.45) is 5.92 Å². The van der Waals surface area contributed by atoms with Gasteiger partial charge in [-0.3, -0.25) is 9.80 Å². The normalized spacial score (nSPS) is 34.5. The van der Waals surface area contributed by atoms with Gasteiger partial charge in [-0.2, -0.15) is 4.98 Å². The summed E-state index contributed by atoms with van der Waals surface area (Å²) in [6.07, 6.45) is 3.40. The molecule has 6 heteroatoms. The second-order valence-electron chi connectivity index (χ2n) is 6.30. The number of piperazine rings is 3. The lowest BCUT2D eigenvalue weighted by Gasteiger charge is -2.46. The van der Waals surface area contributed by atoms with Crippen LogP contribution < -0.4 is 5.32 Å². The molecule has 110 valence electrons. The molecule has 1 unspecified atom stereocenters. The molecule has 5 heterocycles. The van der Waals surface area contributed by atoms with Crippen LogP contribution in [0.4, 0.5) is 0 Å². The number of nitrogens with zero attached hydrogens (tertiary/aromatic N) is 4. The van der Waals surface area contributed by atoms with Crippen LogP contribution in [-0.2, 0) is 6.42 Å². The Hall–Kier alpha value is -0.980. The maximum Gasteiger partial charge on any atom is 0.226 e. The fraction of sp³-hybridized carbons (Fsp3) is 0.857. The first-order valence-corrected chi connectivity index (χ1v) is 7.88. The van der Waals surface area contributed by atoms with E-state index in [9.17, 15) is 0 Å². The average Bonchev–Trinajstić information content (AvgIpc) is 2.98. The smallest absolute Gasteiger partial charge is 0.226 e. The molecule has 1 N–H and O–H groups in total. The number of nitrogens with one attached hydrogen (secondary N) is 1. The molecular formula is C14H23N5O. The van der Waals surface area contributed by atoms with Gasteiger partial charge in [0, 0.05) is 39.1 Å². The van der Waals surface area contributed by atoms with E-state index < -0.39 is 0 Å². The largest absolute Gasteiger partial charge is 0.339 e. The van der Waals surface area contributed by atoms with Crippen molar-refractivity contribution in [3.63, 3.8) is 0 Å². The summed E-state index contributed by atoms with van der Waals surface area (Å²) < 4.78 is 5.50. The summed E-state index contributed by atoms with van der Waals surface area (Å²) in [5.74, 6) is 2.44. The van der Waals surface area contributed by atoms with Crippen LogP contribution >= 0.6 is 0 Å². The number of hydrogen-bond donors (Lipinski definition) is 1. The molecule has 1 aromatic rings. The van der Waals surface area contributed by atoms with E-state index in [0.717, 1.165) is 50.9 Å². The summed E-state index contributed by atoms with van der Waals surface area (Å²) in [6.45, 7) is 7.97. The zero-order valence-corrected chi connectivity index (χ0v) is 11.9. The molecule has 2 bridgehead atoms. The van der Waals surface area contributed by atoms with Crippen LogP contribution in [0.5, 0.6) is 0 Å². The second kappa shape index (κ2) is 5.42. The monoisotopic (exact) mass is 277 g/mol. The number of rotatable bonds is 3. The van der Waals surface area contributed by atoms with Crippen molar-refractivity contribution in [3.05, 3.63) is 11.7 Å². The van der Waals surface area contributed by atoms with Crippen LogP contribution in [0.3, 0.4) is 0 Å². The molecule has 0 radical (unpaired) electrons. The van der Waals surface area contributed by atoms with Crippen molar-refractivity contribution < 1.29 is 4.52 Å². The van der Waals surface area contributed by atoms with E-state index in [1.807, 2.05) is 0 Å². The third kappa shape index (κ3) is 2.47. The summed E-state index contributed by atoms with van der Waals surface area (Å²) in [6, 6.07) is 0.350. The molecule has 0 saturated carbocycles. The lowest BCUT2D eigenvalue weighted by Crippen LogP contribution is -2.57. The molecule has 0 aliphatic carbocycles. The van der Waals surface area contributed by atoms with Gasteiger partial charge >= 0.3 is 0 Å². The lowest BCUT2D eigenvalue weighted by molar-refractivity contribution is 0.00781. The van der Waals surface area contributed by atoms with E-state index in [2.05, 4.69) is 25.3 Å². The van der Waals surface area contributed by atoms with E-state index in [1.54, 1.807) is 0 Å². The summed E-state index contributed by atoms with van der Waals surface area (Å²) in [5, 5.41) is 7.65. The molecule has 4 saturated heterocycles. The zero-order valence-electron chi connectivity index (χ0n) is 11.9. The van der Waals surface area contributed by atoms with Gasteiger partial charge in [0.2, 0.25) is 5.89 Å². The Balaban J connectivity index is 1.42. The fourth-order valence-electron chi connectivity index (χ4n) is 3.68. The Morgan fingerprint density at radius 3 is 2.65 bits per heavy atom. The Kier molecular flexibility index (Phi) is 3.45. The van der Waals surface area contributed by atoms with Crippen molar-refractivity contribution in [2.45, 2.75) is 25.3 Å². The Morgan fingerprint density at radius 2 is 1.95 bits per heavy atom. The zero-order chi connectivity index (χ0) is 13.4. The van der Waals surface area contributed by atoms with Gasteiger partial charge in [0.1, 0.15) is 0 Å². The third-order valence-electron chi connectivity index (χ3n) is 4.98. The van der Waals surface area contributed by atoms with Gasteiger partial charge in [-0.15, -0.1) is 0 Å². The summed E-state index contributed by atoms with van der Waals surface area (Å²) >= 11 is 0. The number of piperidine rings is 1. The maximum atomic E-state index is 5.50. The molecule has 0 aromatic carbocycles.